The van der Waals surface area contributed by atoms with Gasteiger partial charge in [-0.05, 0) is 48.2 Å². The van der Waals surface area contributed by atoms with Gasteiger partial charge in [0.15, 0.2) is 0 Å². The lowest BCUT2D eigenvalue weighted by Crippen LogP contribution is -2.21. The third-order valence-corrected chi connectivity index (χ3v) is 2.96. The number of anilines is 1. The molecule has 1 aromatic rings. The van der Waals surface area contributed by atoms with Crippen LogP contribution in [0.3, 0.4) is 0 Å². The summed E-state index contributed by atoms with van der Waals surface area (Å²) < 4.78 is 0.658. The number of carbonyl (C=O) groups is 2. The molecule has 0 heterocycles. The van der Waals surface area contributed by atoms with Crippen molar-refractivity contribution in [3.05, 3.63) is 28.2 Å². The summed E-state index contributed by atoms with van der Waals surface area (Å²) >= 11 is 3.27. The minimum Gasteiger partial charge on any atom is -0.478 e. The second-order valence-electron chi connectivity index (χ2n) is 4.10. The quantitative estimate of drug-likeness (QED) is 0.872. The average Bonchev–Trinajstić information content (AvgIpc) is 2.29. The number of carbonyl (C=O) groups excluding carboxylic acids is 1. The molecule has 0 aliphatic rings. The number of aromatic carboxylic acids is 1. The van der Waals surface area contributed by atoms with E-state index in [4.69, 9.17) is 5.11 Å². The van der Waals surface area contributed by atoms with E-state index < -0.39 is 5.97 Å². The second-order valence-corrected chi connectivity index (χ2v) is 4.96. The first-order chi connectivity index (χ1) is 8.40. The fraction of sp³-hybridized carbons (Fsp3) is 0.333. The maximum Gasteiger partial charge on any atom is 0.335 e. The third-order valence-electron chi connectivity index (χ3n) is 2.27. The Morgan fingerprint density at radius 1 is 1.39 bits per heavy atom. The molecule has 0 unspecified atom stereocenters. The normalized spacial score (nSPS) is 10.4. The summed E-state index contributed by atoms with van der Waals surface area (Å²) in [6.07, 6.45) is 0.358. The van der Waals surface area contributed by atoms with Crippen LogP contribution in [-0.4, -0.2) is 42.5 Å². The third kappa shape index (κ3) is 4.46. The van der Waals surface area contributed by atoms with Gasteiger partial charge in [0.25, 0.3) is 0 Å². The second kappa shape index (κ2) is 6.51. The summed E-state index contributed by atoms with van der Waals surface area (Å²) in [5.41, 5.74) is 0.611. The van der Waals surface area contributed by atoms with Crippen LogP contribution >= 0.6 is 15.9 Å². The minimum absolute atomic E-state index is 0.140. The molecule has 18 heavy (non-hydrogen) atoms. The maximum atomic E-state index is 11.6. The number of benzene rings is 1. The summed E-state index contributed by atoms with van der Waals surface area (Å²) in [4.78, 5) is 24.4. The Bertz CT molecular complexity index is 461. The van der Waals surface area contributed by atoms with Crippen LogP contribution < -0.4 is 5.32 Å². The number of hydrogen-bond acceptors (Lipinski definition) is 3. The molecule has 0 aromatic heterocycles. The van der Waals surface area contributed by atoms with Gasteiger partial charge in [-0.2, -0.15) is 0 Å². The molecule has 0 fully saturated rings. The van der Waals surface area contributed by atoms with Crippen molar-refractivity contribution in [2.24, 2.45) is 0 Å². The average molecular weight is 315 g/mol. The lowest BCUT2D eigenvalue weighted by Gasteiger charge is -2.11. The summed E-state index contributed by atoms with van der Waals surface area (Å²) in [7, 11) is 3.77. The summed E-state index contributed by atoms with van der Waals surface area (Å²) in [6.45, 7) is 0.641. The van der Waals surface area contributed by atoms with Crippen molar-refractivity contribution in [2.45, 2.75) is 6.42 Å². The van der Waals surface area contributed by atoms with Crippen LogP contribution in [0.2, 0.25) is 0 Å². The smallest absolute Gasteiger partial charge is 0.335 e. The molecule has 1 aromatic carbocycles. The van der Waals surface area contributed by atoms with E-state index in [0.29, 0.717) is 23.1 Å². The number of halogens is 1. The molecule has 1 rings (SSSR count). The molecule has 0 radical (unpaired) electrons. The molecule has 6 heteroatoms. The monoisotopic (exact) mass is 314 g/mol. The van der Waals surface area contributed by atoms with E-state index >= 15 is 0 Å². The van der Waals surface area contributed by atoms with Crippen LogP contribution in [0.25, 0.3) is 0 Å². The first-order valence-electron chi connectivity index (χ1n) is 5.37. The zero-order chi connectivity index (χ0) is 13.7. The molecule has 0 spiro atoms. The van der Waals surface area contributed by atoms with Crippen LogP contribution in [0.15, 0.2) is 22.7 Å². The van der Waals surface area contributed by atoms with E-state index in [9.17, 15) is 9.59 Å². The molecule has 0 aliphatic carbocycles. The highest BCUT2D eigenvalue weighted by atomic mass is 79.9. The van der Waals surface area contributed by atoms with Gasteiger partial charge in [-0.1, -0.05) is 0 Å². The number of amides is 1. The Morgan fingerprint density at radius 3 is 2.61 bits per heavy atom. The van der Waals surface area contributed by atoms with E-state index in [2.05, 4.69) is 21.2 Å². The zero-order valence-corrected chi connectivity index (χ0v) is 11.8. The standard InChI is InChI=1S/C12H15BrN2O3/c1-15(2)6-5-11(16)14-10-7-8(12(17)18)3-4-9(10)13/h3-4,7H,5-6H2,1-2H3,(H,14,16)(H,17,18). The molecule has 0 bridgehead atoms. The molecule has 5 nitrogen and oxygen atoms in total. The topological polar surface area (TPSA) is 69.6 Å². The van der Waals surface area contributed by atoms with Crippen LogP contribution in [0.4, 0.5) is 5.69 Å². The number of carboxylic acid groups (broad SMARTS) is 1. The SMILES string of the molecule is CN(C)CCC(=O)Nc1cc(C(=O)O)ccc1Br. The van der Waals surface area contributed by atoms with Gasteiger partial charge in [0.2, 0.25) is 5.91 Å². The molecule has 0 saturated heterocycles. The van der Waals surface area contributed by atoms with Crippen molar-refractivity contribution in [3.63, 3.8) is 0 Å². The van der Waals surface area contributed by atoms with Crippen molar-refractivity contribution in [3.8, 4) is 0 Å². The van der Waals surface area contributed by atoms with Crippen LogP contribution in [-0.2, 0) is 4.79 Å². The highest BCUT2D eigenvalue weighted by Crippen LogP contribution is 2.23. The molecule has 0 saturated carbocycles. The number of carboxylic acids is 1. The van der Waals surface area contributed by atoms with Crippen LogP contribution in [0.5, 0.6) is 0 Å². The Kier molecular flexibility index (Phi) is 5.30. The largest absolute Gasteiger partial charge is 0.478 e. The van der Waals surface area contributed by atoms with Gasteiger partial charge in [-0.3, -0.25) is 4.79 Å². The van der Waals surface area contributed by atoms with E-state index in [0.717, 1.165) is 0 Å². The molecular weight excluding hydrogens is 300 g/mol. The van der Waals surface area contributed by atoms with Crippen molar-refractivity contribution in [1.29, 1.82) is 0 Å². The number of nitrogens with zero attached hydrogens (tertiary/aromatic N) is 1. The Hall–Kier alpha value is -1.40. The number of rotatable bonds is 5. The van der Waals surface area contributed by atoms with Gasteiger partial charge in [0.05, 0.1) is 11.3 Å². The lowest BCUT2D eigenvalue weighted by atomic mass is 10.2. The maximum absolute atomic E-state index is 11.6. The highest BCUT2D eigenvalue weighted by molar-refractivity contribution is 9.10. The summed E-state index contributed by atoms with van der Waals surface area (Å²) in [5, 5.41) is 11.6. The Balaban J connectivity index is 2.74. The van der Waals surface area contributed by atoms with Gasteiger partial charge < -0.3 is 15.3 Å². The van der Waals surface area contributed by atoms with E-state index in [-0.39, 0.29) is 11.5 Å². The fourth-order valence-corrected chi connectivity index (χ4v) is 1.64. The summed E-state index contributed by atoms with van der Waals surface area (Å²) in [5.74, 6) is -1.17. The number of nitrogens with one attached hydrogen (secondary N) is 1. The van der Waals surface area contributed by atoms with E-state index in [1.54, 1.807) is 6.07 Å². The van der Waals surface area contributed by atoms with Crippen molar-refractivity contribution >= 4 is 33.5 Å². The van der Waals surface area contributed by atoms with E-state index in [1.165, 1.54) is 12.1 Å². The predicted octanol–water partition coefficient (Wildman–Crippen LogP) is 2.04. The fourth-order valence-electron chi connectivity index (χ4n) is 1.29. The summed E-state index contributed by atoms with van der Waals surface area (Å²) in [6, 6.07) is 4.51. The molecular formula is C12H15BrN2O3. The van der Waals surface area contributed by atoms with Gasteiger partial charge in [-0.15, -0.1) is 0 Å². The van der Waals surface area contributed by atoms with Crippen molar-refractivity contribution < 1.29 is 14.7 Å². The highest BCUT2D eigenvalue weighted by Gasteiger charge is 2.09. The van der Waals surface area contributed by atoms with Gasteiger partial charge in [0, 0.05) is 17.4 Å². The molecule has 1 amide bonds. The van der Waals surface area contributed by atoms with Crippen molar-refractivity contribution in [2.75, 3.05) is 26.0 Å². The van der Waals surface area contributed by atoms with Crippen LogP contribution in [0, 0.1) is 0 Å². The molecule has 98 valence electrons. The Morgan fingerprint density at radius 2 is 2.06 bits per heavy atom. The first-order valence-corrected chi connectivity index (χ1v) is 6.17. The molecule has 0 aliphatic heterocycles. The van der Waals surface area contributed by atoms with Crippen LogP contribution in [0.1, 0.15) is 16.8 Å². The van der Waals surface area contributed by atoms with Gasteiger partial charge in [-0.25, -0.2) is 4.79 Å². The van der Waals surface area contributed by atoms with Gasteiger partial charge >= 0.3 is 5.97 Å². The Labute approximate surface area is 114 Å². The zero-order valence-electron chi connectivity index (χ0n) is 10.2. The van der Waals surface area contributed by atoms with Crippen molar-refractivity contribution in [1.82, 2.24) is 4.90 Å². The first kappa shape index (κ1) is 14.7. The minimum atomic E-state index is -1.02. The molecule has 0 atom stereocenters. The number of hydrogen-bond donors (Lipinski definition) is 2. The van der Waals surface area contributed by atoms with E-state index in [1.807, 2.05) is 19.0 Å². The van der Waals surface area contributed by atoms with Gasteiger partial charge in [0.1, 0.15) is 0 Å². The lowest BCUT2D eigenvalue weighted by molar-refractivity contribution is -0.116. The predicted molar refractivity (Wildman–Crippen MR) is 72.9 cm³/mol. The molecule has 2 N–H and O–H groups in total.